The van der Waals surface area contributed by atoms with Crippen LogP contribution in [0.4, 0.5) is 10.1 Å². The van der Waals surface area contributed by atoms with Gasteiger partial charge in [-0.2, -0.15) is 5.26 Å². The van der Waals surface area contributed by atoms with Gasteiger partial charge in [-0.05, 0) is 31.5 Å². The average molecular weight is 408 g/mol. The van der Waals surface area contributed by atoms with E-state index in [1.54, 1.807) is 17.0 Å². The molecule has 1 aromatic carbocycles. The Morgan fingerprint density at radius 3 is 2.57 bits per heavy atom. The first-order valence-corrected chi connectivity index (χ1v) is 11.3. The van der Waals surface area contributed by atoms with Gasteiger partial charge in [0.2, 0.25) is 5.91 Å². The third-order valence-electron chi connectivity index (χ3n) is 5.46. The minimum Gasteiger partial charge on any atom is -0.367 e. The molecule has 0 bridgehead atoms. The SMILES string of the molecule is CCN(C(=O)CN1CCN(c2ccc(C#N)cc2F)CC1)C1CCS(=O)(=O)C1. The number of carbonyl (C=O) groups is 1. The molecule has 9 heteroatoms. The fourth-order valence-corrected chi connectivity index (χ4v) is 5.65. The molecule has 1 aromatic rings. The summed E-state index contributed by atoms with van der Waals surface area (Å²) in [5.74, 6) is -0.264. The van der Waals surface area contributed by atoms with E-state index in [4.69, 9.17) is 5.26 Å². The van der Waals surface area contributed by atoms with Gasteiger partial charge in [0.1, 0.15) is 5.82 Å². The number of nitriles is 1. The Morgan fingerprint density at radius 2 is 2.04 bits per heavy atom. The molecular formula is C19H25FN4O3S. The second kappa shape index (κ2) is 8.45. The highest BCUT2D eigenvalue weighted by Crippen LogP contribution is 2.22. The molecular weight excluding hydrogens is 383 g/mol. The summed E-state index contributed by atoms with van der Waals surface area (Å²) in [6.45, 7) is 5.01. The highest BCUT2D eigenvalue weighted by Gasteiger charge is 2.34. The topological polar surface area (TPSA) is 84.7 Å². The maximum atomic E-state index is 14.2. The molecule has 1 atom stereocenters. The Hall–Kier alpha value is -2.18. The summed E-state index contributed by atoms with van der Waals surface area (Å²) in [6.07, 6.45) is 0.508. The smallest absolute Gasteiger partial charge is 0.237 e. The predicted molar refractivity (Wildman–Crippen MR) is 104 cm³/mol. The molecule has 0 N–H and O–H groups in total. The summed E-state index contributed by atoms with van der Waals surface area (Å²) in [4.78, 5) is 18.3. The van der Waals surface area contributed by atoms with E-state index in [2.05, 4.69) is 0 Å². The van der Waals surface area contributed by atoms with Crippen molar-refractivity contribution in [2.75, 3.05) is 55.7 Å². The van der Waals surface area contributed by atoms with Crippen molar-refractivity contribution in [1.29, 1.82) is 5.26 Å². The van der Waals surface area contributed by atoms with Gasteiger partial charge in [0.25, 0.3) is 0 Å². The fraction of sp³-hybridized carbons (Fsp3) is 0.579. The number of carbonyl (C=O) groups excluding carboxylic acids is 1. The Labute approximate surface area is 165 Å². The van der Waals surface area contributed by atoms with E-state index in [9.17, 15) is 17.6 Å². The molecule has 0 radical (unpaired) electrons. The van der Waals surface area contributed by atoms with Crippen molar-refractivity contribution >= 4 is 21.4 Å². The summed E-state index contributed by atoms with van der Waals surface area (Å²) in [6, 6.07) is 6.15. The van der Waals surface area contributed by atoms with E-state index >= 15 is 0 Å². The van der Waals surface area contributed by atoms with Crippen LogP contribution in [-0.2, 0) is 14.6 Å². The monoisotopic (exact) mass is 408 g/mol. The molecule has 1 unspecified atom stereocenters. The van der Waals surface area contributed by atoms with Crippen molar-refractivity contribution in [3.05, 3.63) is 29.6 Å². The molecule has 28 heavy (non-hydrogen) atoms. The zero-order valence-corrected chi connectivity index (χ0v) is 16.8. The lowest BCUT2D eigenvalue weighted by molar-refractivity contribution is -0.134. The number of hydrogen-bond donors (Lipinski definition) is 0. The summed E-state index contributed by atoms with van der Waals surface area (Å²) in [5.41, 5.74) is 0.760. The number of benzene rings is 1. The van der Waals surface area contributed by atoms with Gasteiger partial charge in [-0.3, -0.25) is 9.69 Å². The van der Waals surface area contributed by atoms with E-state index in [0.717, 1.165) is 0 Å². The van der Waals surface area contributed by atoms with Crippen LogP contribution >= 0.6 is 0 Å². The van der Waals surface area contributed by atoms with E-state index < -0.39 is 15.7 Å². The largest absolute Gasteiger partial charge is 0.367 e. The van der Waals surface area contributed by atoms with Crippen molar-refractivity contribution in [2.45, 2.75) is 19.4 Å². The molecule has 2 aliphatic rings. The first-order valence-electron chi connectivity index (χ1n) is 9.50. The molecule has 1 amide bonds. The van der Waals surface area contributed by atoms with Gasteiger partial charge in [0.05, 0.1) is 35.4 Å². The van der Waals surface area contributed by atoms with E-state index in [1.165, 1.54) is 6.07 Å². The van der Waals surface area contributed by atoms with E-state index in [1.807, 2.05) is 22.8 Å². The summed E-state index contributed by atoms with van der Waals surface area (Å²) in [5, 5.41) is 8.85. The average Bonchev–Trinajstić information content (AvgIpc) is 3.02. The van der Waals surface area contributed by atoms with Gasteiger partial charge in [-0.15, -0.1) is 0 Å². The molecule has 152 valence electrons. The van der Waals surface area contributed by atoms with Crippen LogP contribution in [0.25, 0.3) is 0 Å². The van der Waals surface area contributed by atoms with Crippen molar-refractivity contribution in [1.82, 2.24) is 9.80 Å². The summed E-state index contributed by atoms with van der Waals surface area (Å²) < 4.78 is 37.6. The van der Waals surface area contributed by atoms with Crippen LogP contribution in [0.3, 0.4) is 0 Å². The number of nitrogens with zero attached hydrogens (tertiary/aromatic N) is 4. The Morgan fingerprint density at radius 1 is 1.32 bits per heavy atom. The summed E-state index contributed by atoms with van der Waals surface area (Å²) in [7, 11) is -3.03. The normalized spacial score (nSPS) is 22.0. The third-order valence-corrected chi connectivity index (χ3v) is 7.21. The number of piperazine rings is 1. The van der Waals surface area contributed by atoms with Gasteiger partial charge in [-0.25, -0.2) is 12.8 Å². The zero-order chi connectivity index (χ0) is 20.3. The number of rotatable bonds is 5. The van der Waals surface area contributed by atoms with Crippen molar-refractivity contribution < 1.29 is 17.6 Å². The van der Waals surface area contributed by atoms with Crippen molar-refractivity contribution in [2.24, 2.45) is 0 Å². The van der Waals surface area contributed by atoms with Gasteiger partial charge < -0.3 is 9.80 Å². The van der Waals surface area contributed by atoms with Crippen LogP contribution in [0.5, 0.6) is 0 Å². The predicted octanol–water partition coefficient (Wildman–Crippen LogP) is 0.855. The second-order valence-electron chi connectivity index (χ2n) is 7.28. The van der Waals surface area contributed by atoms with Gasteiger partial charge in [-0.1, -0.05) is 0 Å². The number of halogens is 1. The second-order valence-corrected chi connectivity index (χ2v) is 9.51. The number of likely N-dealkylation sites (N-methyl/N-ethyl adjacent to an activating group) is 1. The minimum absolute atomic E-state index is 0.0531. The van der Waals surface area contributed by atoms with E-state index in [-0.39, 0.29) is 30.0 Å². The summed E-state index contributed by atoms with van der Waals surface area (Å²) >= 11 is 0. The van der Waals surface area contributed by atoms with Crippen molar-refractivity contribution in [3.63, 3.8) is 0 Å². The Kier molecular flexibility index (Phi) is 6.20. The highest BCUT2D eigenvalue weighted by atomic mass is 32.2. The number of hydrogen-bond acceptors (Lipinski definition) is 6. The maximum Gasteiger partial charge on any atom is 0.237 e. The fourth-order valence-electron chi connectivity index (χ4n) is 3.92. The lowest BCUT2D eigenvalue weighted by Crippen LogP contribution is -2.52. The molecule has 7 nitrogen and oxygen atoms in total. The molecule has 2 fully saturated rings. The quantitative estimate of drug-likeness (QED) is 0.718. The van der Waals surface area contributed by atoms with Crippen LogP contribution in [-0.4, -0.2) is 80.9 Å². The number of amides is 1. The molecule has 0 spiro atoms. The standard InChI is InChI=1S/C19H25FN4O3S/c1-2-24(16-5-10-28(26,27)14-16)19(25)13-22-6-8-23(9-7-22)18-4-3-15(12-21)11-17(18)20/h3-4,11,16H,2,5-10,13-14H2,1H3. The van der Waals surface area contributed by atoms with Crippen LogP contribution in [0.1, 0.15) is 18.9 Å². The number of sulfone groups is 1. The number of anilines is 1. The van der Waals surface area contributed by atoms with Crippen molar-refractivity contribution in [3.8, 4) is 6.07 Å². The van der Waals surface area contributed by atoms with Crippen LogP contribution in [0.2, 0.25) is 0 Å². The molecule has 2 aliphatic heterocycles. The molecule has 0 aromatic heterocycles. The third kappa shape index (κ3) is 4.62. The zero-order valence-electron chi connectivity index (χ0n) is 16.0. The first kappa shape index (κ1) is 20.6. The molecule has 0 saturated carbocycles. The molecule has 2 saturated heterocycles. The minimum atomic E-state index is -3.03. The van der Waals surface area contributed by atoms with Gasteiger partial charge >= 0.3 is 0 Å². The maximum absolute atomic E-state index is 14.2. The van der Waals surface area contributed by atoms with Gasteiger partial charge in [0, 0.05) is 38.8 Å². The lowest BCUT2D eigenvalue weighted by atomic mass is 10.1. The van der Waals surface area contributed by atoms with Crippen LogP contribution in [0.15, 0.2) is 18.2 Å². The first-order chi connectivity index (χ1) is 13.3. The van der Waals surface area contributed by atoms with Crippen LogP contribution in [0, 0.1) is 17.1 Å². The molecule has 0 aliphatic carbocycles. The van der Waals surface area contributed by atoms with Crippen LogP contribution < -0.4 is 4.90 Å². The highest BCUT2D eigenvalue weighted by molar-refractivity contribution is 7.91. The lowest BCUT2D eigenvalue weighted by Gasteiger charge is -2.37. The van der Waals surface area contributed by atoms with E-state index in [0.29, 0.717) is 50.4 Å². The van der Waals surface area contributed by atoms with Gasteiger partial charge in [0.15, 0.2) is 9.84 Å². The Bertz CT molecular complexity index is 876. The molecule has 2 heterocycles. The Balaban J connectivity index is 1.55. The molecule has 3 rings (SSSR count).